The minimum atomic E-state index is -4.44. The van der Waals surface area contributed by atoms with Crippen molar-refractivity contribution >= 4 is 11.8 Å². The number of carbonyl (C=O) groups is 2. The standard InChI is InChI=1S/C26H27F3N4O2/c1-17-23(18(2)33(31-17)22-6-4-3-5-7-22)16-30-24(34)19-12-14-32(15-13-19)25(35)20-8-10-21(11-9-20)26(27,28)29/h3-11,19H,12-16H2,1-2H3,(H,30,34). The van der Waals surface area contributed by atoms with Crippen LogP contribution < -0.4 is 5.32 Å². The number of hydrogen-bond acceptors (Lipinski definition) is 3. The molecule has 0 unspecified atom stereocenters. The van der Waals surface area contributed by atoms with E-state index in [-0.39, 0.29) is 23.3 Å². The number of alkyl halides is 3. The van der Waals surface area contributed by atoms with E-state index in [1.54, 1.807) is 4.90 Å². The number of amides is 2. The van der Waals surface area contributed by atoms with Gasteiger partial charge in [-0.3, -0.25) is 9.59 Å². The lowest BCUT2D eigenvalue weighted by Crippen LogP contribution is -2.43. The predicted octanol–water partition coefficient (Wildman–Crippen LogP) is 4.68. The van der Waals surface area contributed by atoms with E-state index >= 15 is 0 Å². The van der Waals surface area contributed by atoms with Crippen molar-refractivity contribution in [1.82, 2.24) is 20.0 Å². The Labute approximate surface area is 201 Å². The summed E-state index contributed by atoms with van der Waals surface area (Å²) in [5.74, 6) is -0.619. The van der Waals surface area contributed by atoms with E-state index in [1.165, 1.54) is 12.1 Å². The van der Waals surface area contributed by atoms with E-state index in [2.05, 4.69) is 10.4 Å². The largest absolute Gasteiger partial charge is 0.416 e. The van der Waals surface area contributed by atoms with E-state index in [1.807, 2.05) is 48.9 Å². The molecule has 0 radical (unpaired) electrons. The molecule has 1 aliphatic heterocycles. The Morgan fingerprint density at radius 3 is 2.23 bits per heavy atom. The molecule has 1 N–H and O–H groups in total. The second kappa shape index (κ2) is 9.93. The third kappa shape index (κ3) is 5.39. The van der Waals surface area contributed by atoms with Crippen LogP contribution in [0.15, 0.2) is 54.6 Å². The van der Waals surface area contributed by atoms with Gasteiger partial charge in [-0.1, -0.05) is 18.2 Å². The summed E-state index contributed by atoms with van der Waals surface area (Å²) in [6, 6.07) is 14.0. The number of nitrogens with zero attached hydrogens (tertiary/aromatic N) is 3. The molecule has 184 valence electrons. The van der Waals surface area contributed by atoms with Gasteiger partial charge in [0.15, 0.2) is 0 Å². The van der Waals surface area contributed by atoms with Gasteiger partial charge in [-0.25, -0.2) is 4.68 Å². The monoisotopic (exact) mass is 484 g/mol. The average molecular weight is 485 g/mol. The molecule has 0 atom stereocenters. The molecule has 2 heterocycles. The normalized spacial score (nSPS) is 14.7. The third-order valence-electron chi connectivity index (χ3n) is 6.49. The maximum absolute atomic E-state index is 12.8. The number of aromatic nitrogens is 2. The molecule has 1 saturated heterocycles. The van der Waals surface area contributed by atoms with Gasteiger partial charge in [0.1, 0.15) is 0 Å². The molecule has 9 heteroatoms. The highest BCUT2D eigenvalue weighted by atomic mass is 19.4. The fraction of sp³-hybridized carbons (Fsp3) is 0.346. The summed E-state index contributed by atoms with van der Waals surface area (Å²) >= 11 is 0. The van der Waals surface area contributed by atoms with Crippen molar-refractivity contribution in [3.05, 3.63) is 82.7 Å². The van der Waals surface area contributed by atoms with E-state index in [4.69, 9.17) is 0 Å². The summed E-state index contributed by atoms with van der Waals surface area (Å²) in [5, 5.41) is 7.62. The molecular weight excluding hydrogens is 457 g/mol. The molecule has 1 aliphatic rings. The van der Waals surface area contributed by atoms with E-state index < -0.39 is 11.7 Å². The lowest BCUT2D eigenvalue weighted by molar-refractivity contribution is -0.137. The molecule has 6 nitrogen and oxygen atoms in total. The van der Waals surface area contributed by atoms with Gasteiger partial charge < -0.3 is 10.2 Å². The number of nitrogens with one attached hydrogen (secondary N) is 1. The highest BCUT2D eigenvalue weighted by Gasteiger charge is 2.31. The fourth-order valence-corrected chi connectivity index (χ4v) is 4.40. The van der Waals surface area contributed by atoms with Crippen molar-refractivity contribution in [2.75, 3.05) is 13.1 Å². The quantitative estimate of drug-likeness (QED) is 0.572. The molecule has 2 aromatic carbocycles. The molecule has 1 fully saturated rings. The summed E-state index contributed by atoms with van der Waals surface area (Å²) in [5.41, 5.74) is 3.16. The first kappa shape index (κ1) is 24.5. The first-order valence-corrected chi connectivity index (χ1v) is 11.5. The number of hydrogen-bond donors (Lipinski definition) is 1. The Morgan fingerprint density at radius 1 is 1.00 bits per heavy atom. The second-order valence-corrected chi connectivity index (χ2v) is 8.76. The summed E-state index contributed by atoms with van der Waals surface area (Å²) in [6.45, 7) is 5.01. The Bertz CT molecular complexity index is 1200. The maximum atomic E-state index is 12.8. The number of piperidine rings is 1. The Kier molecular flexibility index (Phi) is 6.95. The van der Waals surface area contributed by atoms with Crippen LogP contribution in [0, 0.1) is 19.8 Å². The van der Waals surface area contributed by atoms with Crippen molar-refractivity contribution in [2.45, 2.75) is 39.4 Å². The number of rotatable bonds is 5. The molecule has 0 bridgehead atoms. The summed E-state index contributed by atoms with van der Waals surface area (Å²) in [4.78, 5) is 27.1. The van der Waals surface area contributed by atoms with Gasteiger partial charge in [-0.2, -0.15) is 18.3 Å². The van der Waals surface area contributed by atoms with Gasteiger partial charge in [0.25, 0.3) is 5.91 Å². The van der Waals surface area contributed by atoms with Gasteiger partial charge in [0, 0.05) is 42.4 Å². The van der Waals surface area contributed by atoms with E-state index in [0.717, 1.165) is 34.8 Å². The minimum Gasteiger partial charge on any atom is -0.352 e. The van der Waals surface area contributed by atoms with Gasteiger partial charge in [-0.15, -0.1) is 0 Å². The zero-order chi connectivity index (χ0) is 25.2. The summed E-state index contributed by atoms with van der Waals surface area (Å²) in [7, 11) is 0. The number of likely N-dealkylation sites (tertiary alicyclic amines) is 1. The lowest BCUT2D eigenvalue weighted by atomic mass is 9.95. The van der Waals surface area contributed by atoms with Crippen molar-refractivity contribution in [3.63, 3.8) is 0 Å². The lowest BCUT2D eigenvalue weighted by Gasteiger charge is -2.31. The van der Waals surface area contributed by atoms with Crippen LogP contribution in [-0.2, 0) is 17.5 Å². The molecule has 2 amide bonds. The molecule has 4 rings (SSSR count). The van der Waals surface area contributed by atoms with Crippen LogP contribution in [0.5, 0.6) is 0 Å². The van der Waals surface area contributed by atoms with Crippen LogP contribution in [0.1, 0.15) is 45.7 Å². The number of halogens is 3. The van der Waals surface area contributed by atoms with Gasteiger partial charge >= 0.3 is 6.18 Å². The average Bonchev–Trinajstić information content (AvgIpc) is 3.15. The van der Waals surface area contributed by atoms with Crippen LogP contribution in [0.2, 0.25) is 0 Å². The molecule has 3 aromatic rings. The van der Waals surface area contributed by atoms with Crippen LogP contribution in [0.3, 0.4) is 0 Å². The SMILES string of the molecule is Cc1nn(-c2ccccc2)c(C)c1CNC(=O)C1CCN(C(=O)c2ccc(C(F)(F)F)cc2)CC1. The molecule has 1 aromatic heterocycles. The second-order valence-electron chi connectivity index (χ2n) is 8.76. The van der Waals surface area contributed by atoms with Crippen molar-refractivity contribution < 1.29 is 22.8 Å². The maximum Gasteiger partial charge on any atom is 0.416 e. The zero-order valence-corrected chi connectivity index (χ0v) is 19.6. The highest BCUT2D eigenvalue weighted by molar-refractivity contribution is 5.94. The molecular formula is C26H27F3N4O2. The van der Waals surface area contributed by atoms with Crippen LogP contribution in [-0.4, -0.2) is 39.6 Å². The molecule has 0 saturated carbocycles. The van der Waals surface area contributed by atoms with Gasteiger partial charge in [0.2, 0.25) is 5.91 Å². The van der Waals surface area contributed by atoms with Crippen molar-refractivity contribution in [1.29, 1.82) is 0 Å². The molecule has 35 heavy (non-hydrogen) atoms. The van der Waals surface area contributed by atoms with Crippen molar-refractivity contribution in [3.8, 4) is 5.69 Å². The Hall–Kier alpha value is -3.62. The van der Waals surface area contributed by atoms with Gasteiger partial charge in [-0.05, 0) is 63.1 Å². The highest BCUT2D eigenvalue weighted by Crippen LogP contribution is 2.29. The Morgan fingerprint density at radius 2 is 1.63 bits per heavy atom. The zero-order valence-electron chi connectivity index (χ0n) is 19.6. The summed E-state index contributed by atoms with van der Waals surface area (Å²) in [6.07, 6.45) is -3.44. The number of aryl methyl sites for hydroxylation is 1. The Balaban J connectivity index is 1.31. The molecule has 0 spiro atoms. The first-order chi connectivity index (χ1) is 16.6. The third-order valence-corrected chi connectivity index (χ3v) is 6.49. The number of para-hydroxylation sites is 1. The number of benzene rings is 2. The van der Waals surface area contributed by atoms with Crippen LogP contribution in [0.25, 0.3) is 5.69 Å². The van der Waals surface area contributed by atoms with Crippen LogP contribution >= 0.6 is 0 Å². The van der Waals surface area contributed by atoms with Gasteiger partial charge in [0.05, 0.1) is 16.9 Å². The predicted molar refractivity (Wildman–Crippen MR) is 125 cm³/mol. The van der Waals surface area contributed by atoms with Crippen LogP contribution in [0.4, 0.5) is 13.2 Å². The summed E-state index contributed by atoms with van der Waals surface area (Å²) < 4.78 is 40.1. The fourth-order valence-electron chi connectivity index (χ4n) is 4.40. The first-order valence-electron chi connectivity index (χ1n) is 11.5. The number of carbonyl (C=O) groups excluding carboxylic acids is 2. The smallest absolute Gasteiger partial charge is 0.352 e. The van der Waals surface area contributed by atoms with E-state index in [0.29, 0.717) is 32.5 Å². The minimum absolute atomic E-state index is 0.0714. The topological polar surface area (TPSA) is 67.2 Å². The molecule has 0 aliphatic carbocycles. The van der Waals surface area contributed by atoms with E-state index in [9.17, 15) is 22.8 Å². The van der Waals surface area contributed by atoms with Crippen molar-refractivity contribution in [2.24, 2.45) is 5.92 Å².